The number of halogens is 1. The molecular formula is C22H22ClN3O4S. The summed E-state index contributed by atoms with van der Waals surface area (Å²) in [7, 11) is 5.45. The summed E-state index contributed by atoms with van der Waals surface area (Å²) in [6, 6.07) is 14.3. The van der Waals surface area contributed by atoms with Crippen LogP contribution < -0.4 is 15.3 Å². The Morgan fingerprint density at radius 2 is 1.90 bits per heavy atom. The molecule has 2 aromatic carbocycles. The second-order valence-electron chi connectivity index (χ2n) is 7.08. The van der Waals surface area contributed by atoms with E-state index >= 15 is 0 Å². The second kappa shape index (κ2) is 9.47. The molecule has 1 amide bonds. The Morgan fingerprint density at radius 1 is 1.13 bits per heavy atom. The number of hydrogen-bond donors (Lipinski definition) is 0. The van der Waals surface area contributed by atoms with Crippen molar-refractivity contribution in [3.63, 3.8) is 0 Å². The number of thiazole rings is 1. The van der Waals surface area contributed by atoms with E-state index in [0.29, 0.717) is 34.9 Å². The van der Waals surface area contributed by atoms with E-state index < -0.39 is 11.5 Å². The number of anilines is 1. The molecule has 9 heteroatoms. The quantitative estimate of drug-likeness (QED) is 0.405. The summed E-state index contributed by atoms with van der Waals surface area (Å²) in [6.07, 6.45) is 0. The van der Waals surface area contributed by atoms with Crippen molar-refractivity contribution < 1.29 is 13.9 Å². The van der Waals surface area contributed by atoms with Gasteiger partial charge in [-0.25, -0.2) is 9.78 Å². The van der Waals surface area contributed by atoms with Crippen molar-refractivity contribution in [2.24, 2.45) is 0 Å². The number of carbonyl (C=O) groups excluding carboxylic acids is 1. The minimum atomic E-state index is -0.656. The van der Waals surface area contributed by atoms with Crippen molar-refractivity contribution in [2.75, 3.05) is 39.2 Å². The van der Waals surface area contributed by atoms with Gasteiger partial charge in [-0.15, -0.1) is 12.4 Å². The molecule has 0 saturated carbocycles. The normalized spacial score (nSPS) is 11.0. The van der Waals surface area contributed by atoms with Crippen LogP contribution in [0.25, 0.3) is 21.2 Å². The highest BCUT2D eigenvalue weighted by Crippen LogP contribution is 2.32. The number of benzene rings is 2. The van der Waals surface area contributed by atoms with Crippen molar-refractivity contribution in [3.8, 4) is 5.75 Å². The summed E-state index contributed by atoms with van der Waals surface area (Å²) in [5, 5.41) is 1.22. The van der Waals surface area contributed by atoms with Gasteiger partial charge in [-0.1, -0.05) is 29.5 Å². The third-order valence-corrected chi connectivity index (χ3v) is 5.76. The van der Waals surface area contributed by atoms with E-state index in [1.807, 2.05) is 49.3 Å². The molecule has 162 valence electrons. The van der Waals surface area contributed by atoms with Crippen molar-refractivity contribution in [1.82, 2.24) is 9.88 Å². The maximum Gasteiger partial charge on any atom is 0.349 e. The van der Waals surface area contributed by atoms with Crippen LogP contribution in [0.4, 0.5) is 5.13 Å². The first kappa shape index (κ1) is 22.7. The second-order valence-corrected chi connectivity index (χ2v) is 8.08. The molecule has 0 aliphatic heterocycles. The van der Waals surface area contributed by atoms with Crippen LogP contribution in [-0.4, -0.2) is 50.1 Å². The fourth-order valence-electron chi connectivity index (χ4n) is 3.08. The van der Waals surface area contributed by atoms with Crippen LogP contribution >= 0.6 is 23.7 Å². The molecule has 0 spiro atoms. The van der Waals surface area contributed by atoms with Crippen molar-refractivity contribution in [2.45, 2.75) is 0 Å². The standard InChI is InChI=1S/C22H21N3O4S.ClH/c1-24(2)10-11-25(22-23-17-13-15(28-3)8-9-19(17)30-22)20(26)16-12-14-6-4-5-7-18(14)29-21(16)27;/h4-9,12-13H,10-11H2,1-3H3;1H. The maximum atomic E-state index is 13.4. The van der Waals surface area contributed by atoms with Crippen LogP contribution in [-0.2, 0) is 0 Å². The topological polar surface area (TPSA) is 75.9 Å². The zero-order valence-electron chi connectivity index (χ0n) is 17.3. The van der Waals surface area contributed by atoms with E-state index in [0.717, 1.165) is 10.2 Å². The summed E-state index contributed by atoms with van der Waals surface area (Å²) < 4.78 is 11.6. The highest BCUT2D eigenvalue weighted by atomic mass is 35.5. The Morgan fingerprint density at radius 3 is 2.65 bits per heavy atom. The van der Waals surface area contributed by atoms with E-state index in [4.69, 9.17) is 9.15 Å². The summed E-state index contributed by atoms with van der Waals surface area (Å²) in [5.74, 6) is 0.267. The molecular weight excluding hydrogens is 438 g/mol. The fourth-order valence-corrected chi connectivity index (χ4v) is 4.05. The lowest BCUT2D eigenvalue weighted by Gasteiger charge is -2.21. The number of hydrogen-bond acceptors (Lipinski definition) is 7. The van der Waals surface area contributed by atoms with Crippen LogP contribution in [0.15, 0.2) is 57.7 Å². The highest BCUT2D eigenvalue weighted by molar-refractivity contribution is 7.22. The number of para-hydroxylation sites is 1. The first-order chi connectivity index (χ1) is 14.5. The van der Waals surface area contributed by atoms with Crippen LogP contribution in [0, 0.1) is 0 Å². The average Bonchev–Trinajstić information content (AvgIpc) is 3.15. The SMILES string of the molecule is COc1ccc2sc(N(CCN(C)C)C(=O)c3cc4ccccc4oc3=O)nc2c1.Cl. The first-order valence-electron chi connectivity index (χ1n) is 9.40. The number of methoxy groups -OCH3 is 1. The van der Waals surface area contributed by atoms with E-state index in [1.165, 1.54) is 16.2 Å². The molecule has 0 bridgehead atoms. The summed E-state index contributed by atoms with van der Waals surface area (Å²) in [6.45, 7) is 0.999. The van der Waals surface area contributed by atoms with Gasteiger partial charge in [-0.3, -0.25) is 9.69 Å². The zero-order valence-corrected chi connectivity index (χ0v) is 19.0. The predicted molar refractivity (Wildman–Crippen MR) is 126 cm³/mol. The zero-order chi connectivity index (χ0) is 21.3. The van der Waals surface area contributed by atoms with E-state index in [1.54, 1.807) is 25.3 Å². The van der Waals surface area contributed by atoms with Gasteiger partial charge >= 0.3 is 5.63 Å². The molecule has 2 aromatic heterocycles. The Bertz CT molecular complexity index is 1280. The molecule has 0 saturated heterocycles. The van der Waals surface area contributed by atoms with Crippen LogP contribution in [0.3, 0.4) is 0 Å². The summed E-state index contributed by atoms with van der Waals surface area (Å²) >= 11 is 1.40. The minimum absolute atomic E-state index is 0. The van der Waals surface area contributed by atoms with E-state index in [2.05, 4.69) is 4.98 Å². The van der Waals surface area contributed by atoms with Crippen molar-refractivity contribution in [3.05, 3.63) is 64.5 Å². The number of rotatable bonds is 6. The highest BCUT2D eigenvalue weighted by Gasteiger charge is 2.25. The van der Waals surface area contributed by atoms with Gasteiger partial charge in [-0.2, -0.15) is 0 Å². The average molecular weight is 460 g/mol. The van der Waals surface area contributed by atoms with Gasteiger partial charge < -0.3 is 14.1 Å². The number of aromatic nitrogens is 1. The van der Waals surface area contributed by atoms with Gasteiger partial charge in [0.15, 0.2) is 5.13 Å². The minimum Gasteiger partial charge on any atom is -0.497 e. The lowest BCUT2D eigenvalue weighted by atomic mass is 10.1. The Kier molecular flexibility index (Phi) is 6.94. The molecule has 7 nitrogen and oxygen atoms in total. The van der Waals surface area contributed by atoms with Gasteiger partial charge in [0.25, 0.3) is 5.91 Å². The Hall–Kier alpha value is -2.94. The summed E-state index contributed by atoms with van der Waals surface area (Å²) in [5.41, 5.74) is 0.522. The van der Waals surface area contributed by atoms with Gasteiger partial charge in [0.1, 0.15) is 16.9 Å². The molecule has 31 heavy (non-hydrogen) atoms. The number of carbonyl (C=O) groups is 1. The monoisotopic (exact) mass is 459 g/mol. The first-order valence-corrected chi connectivity index (χ1v) is 10.2. The molecule has 0 N–H and O–H groups in total. The number of fused-ring (bicyclic) bond motifs is 2. The number of nitrogens with zero attached hydrogens (tertiary/aromatic N) is 3. The molecule has 4 aromatic rings. The van der Waals surface area contributed by atoms with Crippen LogP contribution in [0.2, 0.25) is 0 Å². The van der Waals surface area contributed by atoms with E-state index in [-0.39, 0.29) is 18.0 Å². The van der Waals surface area contributed by atoms with Crippen LogP contribution in [0.1, 0.15) is 10.4 Å². The molecule has 0 fully saturated rings. The van der Waals surface area contributed by atoms with Crippen molar-refractivity contribution in [1.29, 1.82) is 0 Å². The van der Waals surface area contributed by atoms with Crippen molar-refractivity contribution >= 4 is 56.0 Å². The molecule has 0 aliphatic rings. The largest absolute Gasteiger partial charge is 0.497 e. The van der Waals surface area contributed by atoms with Gasteiger partial charge in [-0.05, 0) is 38.4 Å². The third-order valence-electron chi connectivity index (χ3n) is 4.70. The van der Waals surface area contributed by atoms with Crippen LogP contribution in [0.5, 0.6) is 5.75 Å². The number of likely N-dealkylation sites (N-methyl/N-ethyl adjacent to an activating group) is 1. The summed E-state index contributed by atoms with van der Waals surface area (Å²) in [4.78, 5) is 34.1. The number of amides is 1. The number of ether oxygens (including phenoxy) is 1. The maximum absolute atomic E-state index is 13.4. The molecule has 0 aliphatic carbocycles. The lowest BCUT2D eigenvalue weighted by molar-refractivity contribution is 0.0982. The molecule has 0 atom stereocenters. The smallest absolute Gasteiger partial charge is 0.349 e. The molecule has 0 unspecified atom stereocenters. The lowest BCUT2D eigenvalue weighted by Crippen LogP contribution is -2.38. The Balaban J connectivity index is 0.00000272. The molecule has 4 rings (SSSR count). The molecule has 2 heterocycles. The fraction of sp³-hybridized carbons (Fsp3) is 0.227. The van der Waals surface area contributed by atoms with Gasteiger partial charge in [0, 0.05) is 24.5 Å². The van der Waals surface area contributed by atoms with Gasteiger partial charge in [0.2, 0.25) is 0 Å². The molecule has 0 radical (unpaired) electrons. The Labute approximate surface area is 189 Å². The van der Waals surface area contributed by atoms with Gasteiger partial charge in [0.05, 0.1) is 17.3 Å². The van der Waals surface area contributed by atoms with E-state index in [9.17, 15) is 9.59 Å². The predicted octanol–water partition coefficient (Wildman–Crippen LogP) is 4.04. The third kappa shape index (κ3) is 4.71.